The van der Waals surface area contributed by atoms with Gasteiger partial charge >= 0.3 is 6.18 Å². The maximum Gasteiger partial charge on any atom is 0.417 e. The third-order valence-electron chi connectivity index (χ3n) is 7.05. The molecule has 2 aromatic carbocycles. The molecule has 6 nitrogen and oxygen atoms in total. The molecule has 9 heteroatoms. The summed E-state index contributed by atoms with van der Waals surface area (Å²) in [7, 11) is 0. The Morgan fingerprint density at radius 1 is 1.15 bits per heavy atom. The van der Waals surface area contributed by atoms with E-state index in [2.05, 4.69) is 29.1 Å². The lowest BCUT2D eigenvalue weighted by Gasteiger charge is -2.22. The van der Waals surface area contributed by atoms with Gasteiger partial charge in [-0.1, -0.05) is 19.9 Å². The van der Waals surface area contributed by atoms with E-state index in [9.17, 15) is 18.0 Å². The van der Waals surface area contributed by atoms with Gasteiger partial charge in [0.05, 0.1) is 11.3 Å². The number of carbonyl (C=O) groups is 1. The van der Waals surface area contributed by atoms with E-state index in [4.69, 9.17) is 10.2 Å². The minimum atomic E-state index is -4.40. The number of pyridine rings is 1. The van der Waals surface area contributed by atoms with Crippen molar-refractivity contribution >= 4 is 28.3 Å². The molecule has 39 heavy (non-hydrogen) atoms. The van der Waals surface area contributed by atoms with E-state index in [1.54, 1.807) is 18.2 Å². The summed E-state index contributed by atoms with van der Waals surface area (Å²) in [6.07, 6.45) is 0.710. The molecule has 1 aliphatic rings. The Bertz CT molecular complexity index is 1520. The summed E-state index contributed by atoms with van der Waals surface area (Å²) < 4.78 is 44.4. The summed E-state index contributed by atoms with van der Waals surface area (Å²) in [5.41, 5.74) is 11.1. The molecule has 3 N–H and O–H groups in total. The fourth-order valence-electron chi connectivity index (χ4n) is 4.79. The van der Waals surface area contributed by atoms with E-state index in [0.717, 1.165) is 47.4 Å². The van der Waals surface area contributed by atoms with E-state index in [1.165, 1.54) is 6.07 Å². The zero-order valence-electron chi connectivity index (χ0n) is 21.7. The van der Waals surface area contributed by atoms with Crippen LogP contribution in [0.2, 0.25) is 0 Å². The quantitative estimate of drug-likeness (QED) is 0.255. The Balaban J connectivity index is 1.18. The molecule has 0 spiro atoms. The van der Waals surface area contributed by atoms with Crippen molar-refractivity contribution in [2.45, 2.75) is 45.2 Å². The zero-order chi connectivity index (χ0) is 27.7. The van der Waals surface area contributed by atoms with Crippen molar-refractivity contribution < 1.29 is 22.4 Å². The summed E-state index contributed by atoms with van der Waals surface area (Å²) in [5.74, 6) is 0.773. The second kappa shape index (κ2) is 10.6. The highest BCUT2D eigenvalue weighted by molar-refractivity contribution is 5.94. The number of nitrogens with zero attached hydrogens (tertiary/aromatic N) is 2. The van der Waals surface area contributed by atoms with Crippen LogP contribution >= 0.6 is 0 Å². The molecule has 1 amide bonds. The van der Waals surface area contributed by atoms with Crippen molar-refractivity contribution in [1.82, 2.24) is 15.3 Å². The fourth-order valence-corrected chi connectivity index (χ4v) is 4.79. The number of hydrogen-bond donors (Lipinski definition) is 2. The number of amides is 1. The molecule has 1 aliphatic carbocycles. The number of hydrogen-bond acceptors (Lipinski definition) is 5. The first-order valence-corrected chi connectivity index (χ1v) is 12.9. The van der Waals surface area contributed by atoms with E-state index < -0.39 is 11.7 Å². The Kier molecular flexibility index (Phi) is 7.16. The van der Waals surface area contributed by atoms with Gasteiger partial charge in [-0.2, -0.15) is 13.2 Å². The van der Waals surface area contributed by atoms with Crippen LogP contribution < -0.4 is 11.1 Å². The molecule has 0 bridgehead atoms. The molecule has 2 aromatic heterocycles. The normalized spacial score (nSPS) is 15.9. The first-order valence-electron chi connectivity index (χ1n) is 12.9. The molecule has 5 rings (SSSR count). The van der Waals surface area contributed by atoms with Crippen LogP contribution in [0.15, 0.2) is 65.2 Å². The van der Waals surface area contributed by atoms with Crippen LogP contribution in [0.5, 0.6) is 0 Å². The Labute approximate surface area is 224 Å². The van der Waals surface area contributed by atoms with Crippen molar-refractivity contribution in [3.8, 4) is 11.5 Å². The zero-order valence-corrected chi connectivity index (χ0v) is 21.7. The number of oxazole rings is 1. The number of nitrogens with one attached hydrogen (secondary N) is 1. The topological polar surface area (TPSA) is 94.0 Å². The smallest absolute Gasteiger partial charge is 0.417 e. The predicted molar refractivity (Wildman–Crippen MR) is 145 cm³/mol. The summed E-state index contributed by atoms with van der Waals surface area (Å²) >= 11 is 0. The number of benzene rings is 2. The van der Waals surface area contributed by atoms with E-state index >= 15 is 0 Å². The highest BCUT2D eigenvalue weighted by atomic mass is 19.4. The Morgan fingerprint density at radius 3 is 2.54 bits per heavy atom. The van der Waals surface area contributed by atoms with Gasteiger partial charge in [0.15, 0.2) is 5.58 Å². The number of nitrogens with two attached hydrogens (primary N) is 1. The molecule has 1 unspecified atom stereocenters. The van der Waals surface area contributed by atoms with Crippen LogP contribution in [0.25, 0.3) is 28.1 Å². The number of rotatable bonds is 6. The van der Waals surface area contributed by atoms with Gasteiger partial charge < -0.3 is 15.5 Å². The molecule has 0 saturated carbocycles. The minimum Gasteiger partial charge on any atom is -0.436 e. The van der Waals surface area contributed by atoms with Crippen molar-refractivity contribution in [3.05, 3.63) is 83.2 Å². The van der Waals surface area contributed by atoms with Gasteiger partial charge in [-0.15, -0.1) is 0 Å². The maximum atomic E-state index is 12.8. The van der Waals surface area contributed by atoms with Crippen molar-refractivity contribution in [3.63, 3.8) is 0 Å². The van der Waals surface area contributed by atoms with Gasteiger partial charge in [-0.3, -0.25) is 9.78 Å². The standard InChI is InChI=1S/C30H29F3N4O2/c1-17(2)24-13-23(34)14-26-27(24)39-29(37-26)21-9-7-20(8-10-21)28(38)36-15-18-3-5-19(6-4-18)25-12-11-22(16-35-25)30(31,32)33/h5,7-14,16-18H,3-4,6,15,34H2,1-2H3,(H,36,38). The number of carbonyl (C=O) groups excluding carboxylic acids is 1. The van der Waals surface area contributed by atoms with Gasteiger partial charge in [-0.25, -0.2) is 4.98 Å². The van der Waals surface area contributed by atoms with E-state index in [1.807, 2.05) is 24.3 Å². The molecule has 0 radical (unpaired) electrons. The van der Waals surface area contributed by atoms with Crippen LogP contribution in [0.4, 0.5) is 18.9 Å². The molecule has 2 heterocycles. The molecule has 0 fully saturated rings. The highest BCUT2D eigenvalue weighted by Crippen LogP contribution is 2.33. The minimum absolute atomic E-state index is 0.173. The number of allylic oxidation sites excluding steroid dienone is 2. The van der Waals surface area contributed by atoms with Gasteiger partial charge in [0.2, 0.25) is 5.89 Å². The third kappa shape index (κ3) is 5.82. The lowest BCUT2D eigenvalue weighted by Crippen LogP contribution is -2.29. The lowest BCUT2D eigenvalue weighted by molar-refractivity contribution is -0.137. The number of aromatic nitrogens is 2. The second-order valence-electron chi connectivity index (χ2n) is 10.2. The summed E-state index contributed by atoms with van der Waals surface area (Å²) in [5, 5.41) is 2.99. The van der Waals surface area contributed by atoms with Crippen LogP contribution in [-0.2, 0) is 6.18 Å². The number of alkyl halides is 3. The summed E-state index contributed by atoms with van der Waals surface area (Å²) in [4.78, 5) is 21.3. The number of nitrogen functional groups attached to an aromatic ring is 1. The monoisotopic (exact) mass is 534 g/mol. The summed E-state index contributed by atoms with van der Waals surface area (Å²) in [6, 6.07) is 13.3. The number of fused-ring (bicyclic) bond motifs is 1. The average Bonchev–Trinajstić information content (AvgIpc) is 3.35. The summed E-state index contributed by atoms with van der Waals surface area (Å²) in [6.45, 7) is 4.65. The van der Waals surface area contributed by atoms with Crippen LogP contribution in [0.1, 0.15) is 66.2 Å². The molecular formula is C30H29F3N4O2. The van der Waals surface area contributed by atoms with Crippen molar-refractivity contribution in [2.75, 3.05) is 12.3 Å². The number of halogens is 3. The molecular weight excluding hydrogens is 505 g/mol. The highest BCUT2D eigenvalue weighted by Gasteiger charge is 2.31. The van der Waals surface area contributed by atoms with Crippen LogP contribution in [-0.4, -0.2) is 22.4 Å². The lowest BCUT2D eigenvalue weighted by atomic mass is 9.88. The fraction of sp³-hybridized carbons (Fsp3) is 0.300. The van der Waals surface area contributed by atoms with Crippen molar-refractivity contribution in [2.24, 2.45) is 5.92 Å². The molecule has 4 aromatic rings. The van der Waals surface area contributed by atoms with Crippen molar-refractivity contribution in [1.29, 1.82) is 0 Å². The third-order valence-corrected chi connectivity index (χ3v) is 7.05. The second-order valence-corrected chi connectivity index (χ2v) is 10.2. The molecule has 0 saturated heterocycles. The number of anilines is 1. The first-order chi connectivity index (χ1) is 18.6. The molecule has 0 aliphatic heterocycles. The van der Waals surface area contributed by atoms with Crippen LogP contribution in [0, 0.1) is 5.92 Å². The van der Waals surface area contributed by atoms with Crippen LogP contribution in [0.3, 0.4) is 0 Å². The van der Waals surface area contributed by atoms with Gasteiger partial charge in [0.25, 0.3) is 5.91 Å². The van der Waals surface area contributed by atoms with Gasteiger partial charge in [0, 0.05) is 35.1 Å². The van der Waals surface area contributed by atoms with E-state index in [0.29, 0.717) is 41.3 Å². The predicted octanol–water partition coefficient (Wildman–Crippen LogP) is 7.23. The Hall–Kier alpha value is -4.14. The SMILES string of the molecule is CC(C)c1cc(N)cc2nc(-c3ccc(C(=O)NCC4CC=C(c5ccc(C(F)(F)F)cn5)CC4)cc3)oc12. The first kappa shape index (κ1) is 26.5. The Morgan fingerprint density at radius 2 is 1.92 bits per heavy atom. The van der Waals surface area contributed by atoms with E-state index in [-0.39, 0.29) is 17.7 Å². The average molecular weight is 535 g/mol. The molecule has 1 atom stereocenters. The molecule has 202 valence electrons. The maximum absolute atomic E-state index is 12.8. The van der Waals surface area contributed by atoms with Gasteiger partial charge in [0.1, 0.15) is 5.52 Å². The largest absolute Gasteiger partial charge is 0.436 e. The van der Waals surface area contributed by atoms with Gasteiger partial charge in [-0.05, 0) is 85.2 Å².